The molecule has 0 atom stereocenters. The van der Waals surface area contributed by atoms with Gasteiger partial charge in [0.15, 0.2) is 0 Å². The lowest BCUT2D eigenvalue weighted by Crippen LogP contribution is -2.30. The van der Waals surface area contributed by atoms with Gasteiger partial charge >= 0.3 is 6.03 Å². The molecule has 0 fully saturated rings. The quantitative estimate of drug-likeness (QED) is 0.628. The number of carbonyl (C=O) groups is 1. The summed E-state index contributed by atoms with van der Waals surface area (Å²) in [4.78, 5) is 16.3. The monoisotopic (exact) mass is 426 g/mol. The second-order valence-corrected chi connectivity index (χ2v) is 8.32. The van der Waals surface area contributed by atoms with E-state index in [1.807, 2.05) is 24.5 Å². The van der Waals surface area contributed by atoms with Gasteiger partial charge in [-0.3, -0.25) is 0 Å². The van der Waals surface area contributed by atoms with Crippen LogP contribution in [0.15, 0.2) is 42.7 Å². The topological polar surface area (TPSA) is 67.8 Å². The van der Waals surface area contributed by atoms with Crippen molar-refractivity contribution >= 4 is 23.1 Å². The average Bonchev–Trinajstić information content (AvgIpc) is 3.40. The van der Waals surface area contributed by atoms with Crippen molar-refractivity contribution in [2.75, 3.05) is 33.1 Å². The number of benzene rings is 1. The zero-order valence-electron chi connectivity index (χ0n) is 17.4. The van der Waals surface area contributed by atoms with E-state index < -0.39 is 0 Å². The first-order chi connectivity index (χ1) is 14.6. The Kier molecular flexibility index (Phi) is 5.96. The second-order valence-electron chi connectivity index (χ2n) is 7.24. The van der Waals surface area contributed by atoms with Gasteiger partial charge in [-0.2, -0.15) is 0 Å². The van der Waals surface area contributed by atoms with Gasteiger partial charge in [-0.25, -0.2) is 4.79 Å². The number of thiophene rings is 1. The smallest absolute Gasteiger partial charge is 0.319 e. The zero-order valence-corrected chi connectivity index (χ0v) is 18.2. The minimum atomic E-state index is -0.273. The Morgan fingerprint density at radius 1 is 1.20 bits per heavy atom. The fourth-order valence-corrected chi connectivity index (χ4v) is 5.09. The number of methoxy groups -OCH3 is 2. The van der Waals surface area contributed by atoms with Gasteiger partial charge < -0.3 is 29.6 Å². The first-order valence-electron chi connectivity index (χ1n) is 9.81. The molecular formula is C22H26N4O3S. The fourth-order valence-electron chi connectivity index (χ4n) is 3.68. The Morgan fingerprint density at radius 2 is 2.00 bits per heavy atom. The van der Waals surface area contributed by atoms with Crippen LogP contribution in [0.3, 0.4) is 0 Å². The molecule has 3 aromatic rings. The fraction of sp³-hybridized carbons (Fsp3) is 0.318. The maximum atomic E-state index is 12.6. The van der Waals surface area contributed by atoms with Crippen molar-refractivity contribution in [3.8, 4) is 16.5 Å². The van der Waals surface area contributed by atoms with Crippen molar-refractivity contribution in [2.45, 2.75) is 19.5 Å². The van der Waals surface area contributed by atoms with E-state index in [4.69, 9.17) is 9.47 Å². The minimum absolute atomic E-state index is 0.273. The first-order valence-corrected chi connectivity index (χ1v) is 10.6. The molecule has 1 aliphatic rings. The number of hydrogen-bond acceptors (Lipinski definition) is 5. The SMILES string of the molecule is COc1ccc(NC(=O)NCc2c(-n3cccc3)sc3c2CCN(C)C3)c(OC)c1. The van der Waals surface area contributed by atoms with Crippen LogP contribution in [0.2, 0.25) is 0 Å². The number of nitrogens with one attached hydrogen (secondary N) is 2. The molecule has 0 spiro atoms. The summed E-state index contributed by atoms with van der Waals surface area (Å²) in [5.41, 5.74) is 3.15. The van der Waals surface area contributed by atoms with Crippen LogP contribution < -0.4 is 20.1 Å². The second kappa shape index (κ2) is 8.81. The van der Waals surface area contributed by atoms with Crippen LogP contribution in [0.5, 0.6) is 11.5 Å². The van der Waals surface area contributed by atoms with Crippen molar-refractivity contribution in [1.29, 1.82) is 0 Å². The highest BCUT2D eigenvalue weighted by molar-refractivity contribution is 7.14. The van der Waals surface area contributed by atoms with Gasteiger partial charge in [-0.15, -0.1) is 11.3 Å². The molecule has 158 valence electrons. The Morgan fingerprint density at radius 3 is 2.73 bits per heavy atom. The van der Waals surface area contributed by atoms with E-state index in [0.29, 0.717) is 23.7 Å². The number of nitrogens with zero attached hydrogens (tertiary/aromatic N) is 2. The van der Waals surface area contributed by atoms with Gasteiger partial charge in [0, 0.05) is 48.5 Å². The number of rotatable bonds is 6. The molecular weight excluding hydrogens is 400 g/mol. The largest absolute Gasteiger partial charge is 0.497 e. The van der Waals surface area contributed by atoms with Crippen LogP contribution >= 0.6 is 11.3 Å². The van der Waals surface area contributed by atoms with Crippen molar-refractivity contribution in [2.24, 2.45) is 0 Å². The van der Waals surface area contributed by atoms with E-state index in [1.165, 1.54) is 21.0 Å². The maximum Gasteiger partial charge on any atom is 0.319 e. The third kappa shape index (κ3) is 4.15. The van der Waals surface area contributed by atoms with Crippen molar-refractivity contribution in [3.63, 3.8) is 0 Å². The molecule has 0 unspecified atom stereocenters. The van der Waals surface area contributed by atoms with E-state index in [0.717, 1.165) is 19.5 Å². The third-order valence-corrected chi connectivity index (χ3v) is 6.53. The van der Waals surface area contributed by atoms with Crippen molar-refractivity contribution in [1.82, 2.24) is 14.8 Å². The molecule has 30 heavy (non-hydrogen) atoms. The first kappa shape index (κ1) is 20.3. The van der Waals surface area contributed by atoms with Gasteiger partial charge in [-0.05, 0) is 43.3 Å². The predicted molar refractivity (Wildman–Crippen MR) is 119 cm³/mol. The molecule has 0 saturated heterocycles. The highest BCUT2D eigenvalue weighted by Gasteiger charge is 2.23. The summed E-state index contributed by atoms with van der Waals surface area (Å²) in [6.45, 7) is 2.44. The number of amides is 2. The normalized spacial score (nSPS) is 13.6. The zero-order chi connectivity index (χ0) is 21.1. The Balaban J connectivity index is 1.52. The molecule has 1 aromatic carbocycles. The highest BCUT2D eigenvalue weighted by Crippen LogP contribution is 2.35. The van der Waals surface area contributed by atoms with E-state index in [9.17, 15) is 4.79 Å². The predicted octanol–water partition coefficient (Wildman–Crippen LogP) is 3.87. The van der Waals surface area contributed by atoms with E-state index in [2.05, 4.69) is 27.1 Å². The van der Waals surface area contributed by atoms with Crippen LogP contribution in [0.1, 0.15) is 16.0 Å². The van der Waals surface area contributed by atoms with E-state index in [-0.39, 0.29) is 6.03 Å². The molecule has 2 amide bonds. The lowest BCUT2D eigenvalue weighted by Gasteiger charge is -2.22. The van der Waals surface area contributed by atoms with E-state index in [1.54, 1.807) is 43.8 Å². The number of hydrogen-bond donors (Lipinski definition) is 2. The van der Waals surface area contributed by atoms with Crippen molar-refractivity contribution < 1.29 is 14.3 Å². The third-order valence-electron chi connectivity index (χ3n) is 5.26. The minimum Gasteiger partial charge on any atom is -0.497 e. The average molecular weight is 427 g/mol. The summed E-state index contributed by atoms with van der Waals surface area (Å²) in [7, 11) is 5.30. The number of likely N-dealkylation sites (N-methyl/N-ethyl adjacent to an activating group) is 1. The van der Waals surface area contributed by atoms with Gasteiger partial charge in [0.2, 0.25) is 0 Å². The summed E-state index contributed by atoms with van der Waals surface area (Å²) in [5, 5.41) is 7.06. The molecule has 3 heterocycles. The van der Waals surface area contributed by atoms with Gasteiger partial charge in [-0.1, -0.05) is 0 Å². The summed E-state index contributed by atoms with van der Waals surface area (Å²) in [5.74, 6) is 1.22. The number of anilines is 1. The van der Waals surface area contributed by atoms with Gasteiger partial charge in [0.25, 0.3) is 0 Å². The summed E-state index contributed by atoms with van der Waals surface area (Å²) < 4.78 is 12.7. The van der Waals surface area contributed by atoms with E-state index >= 15 is 0 Å². The highest BCUT2D eigenvalue weighted by atomic mass is 32.1. The van der Waals surface area contributed by atoms with Gasteiger partial charge in [0.1, 0.15) is 16.5 Å². The standard InChI is InChI=1S/C22H26N4O3S/c1-25-11-8-16-17(21(30-20(16)14-25)26-9-4-5-10-26)13-23-22(27)24-18-7-6-15(28-2)12-19(18)29-3/h4-7,9-10,12H,8,11,13-14H2,1-3H3,(H2,23,24,27). The van der Waals surface area contributed by atoms with Crippen molar-refractivity contribution in [3.05, 3.63) is 58.7 Å². The number of carbonyl (C=O) groups excluding carboxylic acids is 1. The molecule has 2 aromatic heterocycles. The summed E-state index contributed by atoms with van der Waals surface area (Å²) in [6, 6.07) is 9.06. The maximum absolute atomic E-state index is 12.6. The molecule has 8 heteroatoms. The molecule has 0 bridgehead atoms. The molecule has 0 aliphatic carbocycles. The molecule has 4 rings (SSSR count). The van der Waals surface area contributed by atoms with Gasteiger partial charge in [0.05, 0.1) is 19.9 Å². The molecule has 2 N–H and O–H groups in total. The van der Waals surface area contributed by atoms with Crippen LogP contribution in [0, 0.1) is 0 Å². The Hall–Kier alpha value is -2.97. The Labute approximate surface area is 180 Å². The lowest BCUT2D eigenvalue weighted by molar-refractivity contribution is 0.251. The Bertz CT molecular complexity index is 1030. The molecule has 1 aliphatic heterocycles. The summed E-state index contributed by atoms with van der Waals surface area (Å²) >= 11 is 1.80. The van der Waals surface area contributed by atoms with Crippen LogP contribution in [0.4, 0.5) is 10.5 Å². The molecule has 0 saturated carbocycles. The van der Waals surface area contributed by atoms with Crippen LogP contribution in [-0.2, 0) is 19.5 Å². The number of fused-ring (bicyclic) bond motifs is 1. The lowest BCUT2D eigenvalue weighted by atomic mass is 10.0. The number of urea groups is 1. The number of aromatic nitrogens is 1. The van der Waals surface area contributed by atoms with Crippen LogP contribution in [0.25, 0.3) is 5.00 Å². The van der Waals surface area contributed by atoms with Crippen LogP contribution in [-0.4, -0.2) is 43.3 Å². The molecule has 7 nitrogen and oxygen atoms in total. The molecule has 0 radical (unpaired) electrons. The number of ether oxygens (including phenoxy) is 2. The summed E-state index contributed by atoms with van der Waals surface area (Å²) in [6.07, 6.45) is 5.09.